The van der Waals surface area contributed by atoms with Gasteiger partial charge in [-0.3, -0.25) is 9.59 Å². The van der Waals surface area contributed by atoms with E-state index >= 15 is 0 Å². The number of methoxy groups -OCH3 is 2. The smallest absolute Gasteiger partial charge is 0.337 e. The molecule has 0 bridgehead atoms. The first-order valence-corrected chi connectivity index (χ1v) is 10.4. The van der Waals surface area contributed by atoms with Crippen molar-refractivity contribution in [3.63, 3.8) is 0 Å². The number of hydrogen-bond acceptors (Lipinski definition) is 7. The van der Waals surface area contributed by atoms with Crippen molar-refractivity contribution < 1.29 is 28.6 Å². The van der Waals surface area contributed by atoms with E-state index in [2.05, 4.69) is 5.32 Å². The van der Waals surface area contributed by atoms with Crippen LogP contribution in [0.1, 0.15) is 45.6 Å². The number of benzene rings is 1. The summed E-state index contributed by atoms with van der Waals surface area (Å²) in [6.07, 6.45) is 0.155. The topological polar surface area (TPSA) is 90.9 Å². The SMILES string of the molecule is COC(=O)C1C(=O)C2=C(CC1C)NC(C)=C(C(=O)OC(C)C)C2c1ccccc1OC. The summed E-state index contributed by atoms with van der Waals surface area (Å²) in [6.45, 7) is 7.19. The van der Waals surface area contributed by atoms with Crippen molar-refractivity contribution >= 4 is 17.7 Å². The third-order valence-electron chi connectivity index (χ3n) is 5.76. The maximum Gasteiger partial charge on any atom is 0.337 e. The molecule has 0 spiro atoms. The Balaban J connectivity index is 2.23. The first-order chi connectivity index (χ1) is 14.7. The van der Waals surface area contributed by atoms with E-state index in [-0.39, 0.29) is 17.8 Å². The number of carbonyl (C=O) groups is 3. The second kappa shape index (κ2) is 8.96. The Bertz CT molecular complexity index is 974. The van der Waals surface area contributed by atoms with E-state index in [0.29, 0.717) is 40.3 Å². The Labute approximate surface area is 182 Å². The molecule has 1 N–H and O–H groups in total. The average molecular weight is 427 g/mol. The van der Waals surface area contributed by atoms with Crippen molar-refractivity contribution in [1.82, 2.24) is 5.32 Å². The molecule has 1 aliphatic carbocycles. The van der Waals surface area contributed by atoms with E-state index in [1.54, 1.807) is 33.9 Å². The summed E-state index contributed by atoms with van der Waals surface area (Å²) < 4.78 is 16.0. The van der Waals surface area contributed by atoms with Crippen LogP contribution in [-0.2, 0) is 23.9 Å². The number of allylic oxidation sites excluding steroid dienone is 3. The highest BCUT2D eigenvalue weighted by Gasteiger charge is 2.47. The van der Waals surface area contributed by atoms with Gasteiger partial charge in [-0.1, -0.05) is 25.1 Å². The highest BCUT2D eigenvalue weighted by atomic mass is 16.5. The quantitative estimate of drug-likeness (QED) is 0.570. The highest BCUT2D eigenvalue weighted by Crippen LogP contribution is 2.47. The summed E-state index contributed by atoms with van der Waals surface area (Å²) in [6, 6.07) is 7.26. The second-order valence-electron chi connectivity index (χ2n) is 8.23. The number of Topliss-reactive ketones (excluding diaryl/α,β-unsaturated/α-hetero) is 1. The van der Waals surface area contributed by atoms with Crippen LogP contribution in [0.4, 0.5) is 0 Å². The fourth-order valence-electron chi connectivity index (χ4n) is 4.44. The zero-order valence-electron chi connectivity index (χ0n) is 18.8. The molecule has 166 valence electrons. The maximum absolute atomic E-state index is 13.6. The normalized spacial score (nSPS) is 23.3. The minimum atomic E-state index is -0.927. The van der Waals surface area contributed by atoms with Crippen LogP contribution in [0.3, 0.4) is 0 Å². The van der Waals surface area contributed by atoms with Crippen LogP contribution in [0.15, 0.2) is 46.8 Å². The zero-order chi connectivity index (χ0) is 22.9. The molecule has 31 heavy (non-hydrogen) atoms. The van der Waals surface area contributed by atoms with E-state index in [0.717, 1.165) is 0 Å². The number of para-hydroxylation sites is 1. The van der Waals surface area contributed by atoms with Gasteiger partial charge in [0.2, 0.25) is 0 Å². The first kappa shape index (κ1) is 22.6. The number of carbonyl (C=O) groups excluding carboxylic acids is 3. The van der Waals surface area contributed by atoms with Gasteiger partial charge in [-0.25, -0.2) is 4.79 Å². The van der Waals surface area contributed by atoms with Crippen molar-refractivity contribution in [2.75, 3.05) is 14.2 Å². The Kier molecular flexibility index (Phi) is 6.53. The Hall–Kier alpha value is -3.09. The molecule has 1 heterocycles. The van der Waals surface area contributed by atoms with E-state index in [1.807, 2.05) is 25.1 Å². The molecule has 3 unspecified atom stereocenters. The molecule has 7 heteroatoms. The van der Waals surface area contributed by atoms with Crippen molar-refractivity contribution in [2.24, 2.45) is 11.8 Å². The molecule has 0 fully saturated rings. The fraction of sp³-hybridized carbons (Fsp3) is 0.458. The van der Waals surface area contributed by atoms with Gasteiger partial charge < -0.3 is 19.5 Å². The molecule has 3 rings (SSSR count). The lowest BCUT2D eigenvalue weighted by atomic mass is 9.69. The van der Waals surface area contributed by atoms with E-state index in [1.165, 1.54) is 7.11 Å². The summed E-state index contributed by atoms with van der Waals surface area (Å²) >= 11 is 0. The molecule has 1 aromatic rings. The van der Waals surface area contributed by atoms with Crippen molar-refractivity contribution in [1.29, 1.82) is 0 Å². The standard InChI is InChI=1S/C24H29NO6/c1-12(2)31-24(28)19-14(4)25-16-11-13(3)18(23(27)30-6)22(26)21(16)20(19)15-9-7-8-10-17(15)29-5/h7-10,12-13,18,20,25H,11H2,1-6H3. The zero-order valence-corrected chi connectivity index (χ0v) is 18.8. The molecule has 1 aromatic carbocycles. The van der Waals surface area contributed by atoms with Crippen LogP contribution in [0.5, 0.6) is 5.75 Å². The molecular weight excluding hydrogens is 398 g/mol. The van der Waals surface area contributed by atoms with E-state index in [4.69, 9.17) is 14.2 Å². The molecule has 7 nitrogen and oxygen atoms in total. The van der Waals surface area contributed by atoms with Crippen LogP contribution >= 0.6 is 0 Å². The number of dihydropyridines is 1. The van der Waals surface area contributed by atoms with Crippen LogP contribution in [-0.4, -0.2) is 38.0 Å². The van der Waals surface area contributed by atoms with E-state index < -0.39 is 23.8 Å². The van der Waals surface area contributed by atoms with Gasteiger partial charge in [0.05, 0.1) is 31.8 Å². The summed E-state index contributed by atoms with van der Waals surface area (Å²) in [4.78, 5) is 39.2. The number of nitrogens with one attached hydrogen (secondary N) is 1. The average Bonchev–Trinajstić information content (AvgIpc) is 2.71. The number of rotatable bonds is 5. The molecule has 3 atom stereocenters. The summed E-state index contributed by atoms with van der Waals surface area (Å²) in [5.74, 6) is -2.75. The predicted molar refractivity (Wildman–Crippen MR) is 114 cm³/mol. The monoisotopic (exact) mass is 427 g/mol. The van der Waals surface area contributed by atoms with Gasteiger partial charge in [0.25, 0.3) is 0 Å². The molecule has 0 radical (unpaired) electrons. The predicted octanol–water partition coefficient (Wildman–Crippen LogP) is 3.26. The third kappa shape index (κ3) is 4.09. The highest BCUT2D eigenvalue weighted by molar-refractivity contribution is 6.12. The van der Waals surface area contributed by atoms with Crippen molar-refractivity contribution in [2.45, 2.75) is 46.1 Å². The minimum absolute atomic E-state index is 0.235. The van der Waals surface area contributed by atoms with Gasteiger partial charge >= 0.3 is 11.9 Å². The molecular formula is C24H29NO6. The molecule has 0 saturated heterocycles. The minimum Gasteiger partial charge on any atom is -0.496 e. The largest absolute Gasteiger partial charge is 0.496 e. The van der Waals surface area contributed by atoms with Gasteiger partial charge in [0.15, 0.2) is 5.78 Å². The Morgan fingerprint density at radius 1 is 1.16 bits per heavy atom. The van der Waals surface area contributed by atoms with Crippen molar-refractivity contribution in [3.8, 4) is 5.75 Å². The first-order valence-electron chi connectivity index (χ1n) is 10.4. The van der Waals surface area contributed by atoms with Crippen LogP contribution < -0.4 is 10.1 Å². The van der Waals surface area contributed by atoms with Crippen LogP contribution in [0.2, 0.25) is 0 Å². The fourth-order valence-corrected chi connectivity index (χ4v) is 4.44. The Morgan fingerprint density at radius 3 is 2.45 bits per heavy atom. The molecule has 0 amide bonds. The van der Waals surface area contributed by atoms with Gasteiger partial charge in [-0.2, -0.15) is 0 Å². The summed E-state index contributed by atoms with van der Waals surface area (Å²) in [5, 5.41) is 3.24. The lowest BCUT2D eigenvalue weighted by Gasteiger charge is -2.38. The molecule has 0 aromatic heterocycles. The molecule has 2 aliphatic rings. The lowest BCUT2D eigenvalue weighted by molar-refractivity contribution is -0.151. The Morgan fingerprint density at radius 2 is 1.84 bits per heavy atom. The second-order valence-corrected chi connectivity index (χ2v) is 8.23. The van der Waals surface area contributed by atoms with Crippen LogP contribution in [0, 0.1) is 11.8 Å². The molecule has 1 aliphatic heterocycles. The number of ether oxygens (including phenoxy) is 3. The third-order valence-corrected chi connectivity index (χ3v) is 5.76. The van der Waals surface area contributed by atoms with Gasteiger partial charge in [-0.05, 0) is 39.2 Å². The van der Waals surface area contributed by atoms with Gasteiger partial charge in [0, 0.05) is 22.5 Å². The van der Waals surface area contributed by atoms with E-state index in [9.17, 15) is 14.4 Å². The van der Waals surface area contributed by atoms with Gasteiger partial charge in [0.1, 0.15) is 11.7 Å². The number of ketones is 1. The molecule has 0 saturated carbocycles. The maximum atomic E-state index is 13.6. The number of esters is 2. The van der Waals surface area contributed by atoms with Crippen LogP contribution in [0.25, 0.3) is 0 Å². The summed E-state index contributed by atoms with van der Waals surface area (Å²) in [7, 11) is 2.82. The lowest BCUT2D eigenvalue weighted by Crippen LogP contribution is -2.43. The van der Waals surface area contributed by atoms with Gasteiger partial charge in [-0.15, -0.1) is 0 Å². The summed E-state index contributed by atoms with van der Waals surface area (Å²) in [5.41, 5.74) is 2.73. The van der Waals surface area contributed by atoms with Crippen molar-refractivity contribution in [3.05, 3.63) is 52.4 Å². The number of hydrogen-bond donors (Lipinski definition) is 1.